The molecule has 0 radical (unpaired) electrons. The third-order valence-electron chi connectivity index (χ3n) is 3.61. The smallest absolute Gasteiger partial charge is 0.133 e. The molecule has 1 saturated heterocycles. The Morgan fingerprint density at radius 1 is 1.14 bits per heavy atom. The standard InChI is InChI=1S/C15H19F3N2.2ClH/c1-2-3-4-14(20-7-5-19-6-8-20)15-12(17)9-11(16)10-13(15)18;;/h2,9-10,14,19H,1,3-8H2;2*1H/t14-;;/m0../s1. The number of hydrogen-bond acceptors (Lipinski definition) is 2. The van der Waals surface area contributed by atoms with Crippen LogP contribution in [0.15, 0.2) is 24.8 Å². The maximum absolute atomic E-state index is 14.0. The van der Waals surface area contributed by atoms with Crippen molar-refractivity contribution in [2.45, 2.75) is 18.9 Å². The number of piperazine rings is 1. The van der Waals surface area contributed by atoms with Gasteiger partial charge >= 0.3 is 0 Å². The molecular formula is C15H21Cl2F3N2. The zero-order chi connectivity index (χ0) is 14.5. The van der Waals surface area contributed by atoms with Gasteiger partial charge in [0.15, 0.2) is 0 Å². The summed E-state index contributed by atoms with van der Waals surface area (Å²) in [5, 5.41) is 3.21. The highest BCUT2D eigenvalue weighted by molar-refractivity contribution is 5.85. The van der Waals surface area contributed by atoms with Gasteiger partial charge in [0.05, 0.1) is 0 Å². The van der Waals surface area contributed by atoms with E-state index in [1.54, 1.807) is 6.08 Å². The van der Waals surface area contributed by atoms with Gasteiger partial charge < -0.3 is 5.32 Å². The van der Waals surface area contributed by atoms with Crippen LogP contribution < -0.4 is 5.32 Å². The van der Waals surface area contributed by atoms with Crippen LogP contribution in [-0.4, -0.2) is 31.1 Å². The highest BCUT2D eigenvalue weighted by Gasteiger charge is 2.27. The van der Waals surface area contributed by atoms with Gasteiger partial charge in [0.25, 0.3) is 0 Å². The molecule has 0 aromatic heterocycles. The average molecular weight is 357 g/mol. The fraction of sp³-hybridized carbons (Fsp3) is 0.467. The molecule has 1 aromatic rings. The molecule has 1 fully saturated rings. The summed E-state index contributed by atoms with van der Waals surface area (Å²) < 4.78 is 41.0. The Morgan fingerprint density at radius 3 is 2.18 bits per heavy atom. The summed E-state index contributed by atoms with van der Waals surface area (Å²) in [6.45, 7) is 6.67. The predicted molar refractivity (Wildman–Crippen MR) is 87.4 cm³/mol. The highest BCUT2D eigenvalue weighted by Crippen LogP contribution is 2.31. The summed E-state index contributed by atoms with van der Waals surface area (Å²) in [6.07, 6.45) is 2.96. The van der Waals surface area contributed by atoms with Gasteiger partial charge in [0, 0.05) is 49.9 Å². The topological polar surface area (TPSA) is 15.3 Å². The van der Waals surface area contributed by atoms with Crippen molar-refractivity contribution in [1.29, 1.82) is 0 Å². The van der Waals surface area contributed by atoms with E-state index in [-0.39, 0.29) is 36.4 Å². The van der Waals surface area contributed by atoms with Gasteiger partial charge in [-0.1, -0.05) is 6.08 Å². The number of benzene rings is 1. The van der Waals surface area contributed by atoms with E-state index >= 15 is 0 Å². The summed E-state index contributed by atoms with van der Waals surface area (Å²) in [5.74, 6) is -2.50. The van der Waals surface area contributed by atoms with Crippen LogP contribution in [0.5, 0.6) is 0 Å². The molecule has 7 heteroatoms. The van der Waals surface area contributed by atoms with E-state index < -0.39 is 17.5 Å². The largest absolute Gasteiger partial charge is 0.314 e. The minimum Gasteiger partial charge on any atom is -0.314 e. The zero-order valence-electron chi connectivity index (χ0n) is 12.2. The molecule has 0 amide bonds. The summed E-state index contributed by atoms with van der Waals surface area (Å²) in [4.78, 5) is 2.04. The molecule has 1 N–H and O–H groups in total. The minimum absolute atomic E-state index is 0. The molecule has 1 aromatic carbocycles. The van der Waals surface area contributed by atoms with E-state index in [2.05, 4.69) is 11.9 Å². The first kappa shape index (κ1) is 21.2. The Balaban J connectivity index is 0.00000220. The summed E-state index contributed by atoms with van der Waals surface area (Å²) >= 11 is 0. The van der Waals surface area contributed by atoms with E-state index in [0.717, 1.165) is 38.3 Å². The fourth-order valence-electron chi connectivity index (χ4n) is 2.65. The van der Waals surface area contributed by atoms with Crippen molar-refractivity contribution >= 4 is 24.8 Å². The Labute approximate surface area is 141 Å². The normalized spacial score (nSPS) is 16.3. The van der Waals surface area contributed by atoms with Crippen LogP contribution in [0.25, 0.3) is 0 Å². The van der Waals surface area contributed by atoms with Crippen LogP contribution in [0.3, 0.4) is 0 Å². The van der Waals surface area contributed by atoms with Gasteiger partial charge in [-0.2, -0.15) is 0 Å². The molecule has 0 saturated carbocycles. The van der Waals surface area contributed by atoms with Crippen molar-refractivity contribution < 1.29 is 13.2 Å². The molecule has 1 heterocycles. The third-order valence-corrected chi connectivity index (χ3v) is 3.61. The Hall–Kier alpha value is -0.750. The highest BCUT2D eigenvalue weighted by atomic mass is 35.5. The number of halogens is 5. The number of allylic oxidation sites excluding steroid dienone is 1. The second-order valence-electron chi connectivity index (χ2n) is 4.95. The predicted octanol–water partition coefficient (Wildman–Crippen LogP) is 3.86. The van der Waals surface area contributed by atoms with Crippen molar-refractivity contribution in [2.24, 2.45) is 0 Å². The Kier molecular flexibility index (Phi) is 9.76. The third kappa shape index (κ3) is 5.16. The summed E-state index contributed by atoms with van der Waals surface area (Å²) in [5.41, 5.74) is -0.0323. The number of nitrogens with one attached hydrogen (secondary N) is 1. The van der Waals surface area contributed by atoms with E-state index in [0.29, 0.717) is 12.8 Å². The quantitative estimate of drug-likeness (QED) is 0.805. The van der Waals surface area contributed by atoms with Gasteiger partial charge in [-0.05, 0) is 12.8 Å². The van der Waals surface area contributed by atoms with Crippen LogP contribution in [0.4, 0.5) is 13.2 Å². The summed E-state index contributed by atoms with van der Waals surface area (Å²) in [6, 6.07) is 1.12. The maximum atomic E-state index is 14.0. The maximum Gasteiger partial charge on any atom is 0.133 e. The van der Waals surface area contributed by atoms with Crippen LogP contribution in [-0.2, 0) is 0 Å². The first-order chi connectivity index (χ1) is 9.63. The van der Waals surface area contributed by atoms with Crippen molar-refractivity contribution in [3.05, 3.63) is 47.8 Å². The van der Waals surface area contributed by atoms with Crippen molar-refractivity contribution in [2.75, 3.05) is 26.2 Å². The molecular weight excluding hydrogens is 336 g/mol. The Bertz CT molecular complexity index is 457. The van der Waals surface area contributed by atoms with Crippen LogP contribution in [0.1, 0.15) is 24.4 Å². The van der Waals surface area contributed by atoms with E-state index in [4.69, 9.17) is 0 Å². The molecule has 0 bridgehead atoms. The lowest BCUT2D eigenvalue weighted by atomic mass is 9.98. The molecule has 0 spiro atoms. The molecule has 1 aliphatic heterocycles. The van der Waals surface area contributed by atoms with E-state index in [1.807, 2.05) is 4.90 Å². The number of hydrogen-bond donors (Lipinski definition) is 1. The number of nitrogens with zero attached hydrogens (tertiary/aromatic N) is 1. The van der Waals surface area contributed by atoms with Crippen molar-refractivity contribution in [3.63, 3.8) is 0 Å². The van der Waals surface area contributed by atoms with Gasteiger partial charge in [0.1, 0.15) is 17.5 Å². The zero-order valence-corrected chi connectivity index (χ0v) is 13.8. The molecule has 126 valence electrons. The minimum atomic E-state index is -0.883. The van der Waals surface area contributed by atoms with E-state index in [9.17, 15) is 13.2 Å². The van der Waals surface area contributed by atoms with Crippen LogP contribution >= 0.6 is 24.8 Å². The van der Waals surface area contributed by atoms with Gasteiger partial charge in [-0.3, -0.25) is 4.90 Å². The lowest BCUT2D eigenvalue weighted by Gasteiger charge is -2.35. The summed E-state index contributed by atoms with van der Waals surface area (Å²) in [7, 11) is 0. The monoisotopic (exact) mass is 356 g/mol. The van der Waals surface area contributed by atoms with Gasteiger partial charge in [-0.25, -0.2) is 13.2 Å². The van der Waals surface area contributed by atoms with Crippen LogP contribution in [0, 0.1) is 17.5 Å². The molecule has 0 aliphatic carbocycles. The first-order valence-electron chi connectivity index (χ1n) is 6.83. The van der Waals surface area contributed by atoms with Crippen molar-refractivity contribution in [1.82, 2.24) is 10.2 Å². The fourth-order valence-corrected chi connectivity index (χ4v) is 2.65. The molecule has 0 unspecified atom stereocenters. The average Bonchev–Trinajstić information content (AvgIpc) is 2.42. The molecule has 2 nitrogen and oxygen atoms in total. The van der Waals surface area contributed by atoms with E-state index in [1.165, 1.54) is 0 Å². The molecule has 1 aliphatic rings. The van der Waals surface area contributed by atoms with Crippen molar-refractivity contribution in [3.8, 4) is 0 Å². The van der Waals surface area contributed by atoms with Gasteiger partial charge in [-0.15, -0.1) is 31.4 Å². The lowest BCUT2D eigenvalue weighted by Crippen LogP contribution is -2.45. The molecule has 22 heavy (non-hydrogen) atoms. The SMILES string of the molecule is C=CCC[C@@H](c1c(F)cc(F)cc1F)N1CCNCC1.Cl.Cl. The Morgan fingerprint density at radius 2 is 1.68 bits per heavy atom. The first-order valence-corrected chi connectivity index (χ1v) is 6.83. The van der Waals surface area contributed by atoms with Crippen LogP contribution in [0.2, 0.25) is 0 Å². The molecule has 2 rings (SSSR count). The van der Waals surface area contributed by atoms with Gasteiger partial charge in [0.2, 0.25) is 0 Å². The second-order valence-corrected chi connectivity index (χ2v) is 4.95. The lowest BCUT2D eigenvalue weighted by molar-refractivity contribution is 0.159. The number of rotatable bonds is 5. The molecule has 1 atom stereocenters. The second kappa shape index (κ2) is 10.1.